The van der Waals surface area contributed by atoms with Crippen LogP contribution in [0.5, 0.6) is 0 Å². The zero-order valence-electron chi connectivity index (χ0n) is 32.6. The molecule has 0 aliphatic carbocycles. The summed E-state index contributed by atoms with van der Waals surface area (Å²) in [6, 6.07) is -8.81. The largest absolute Gasteiger partial charge is 0.416 e. The number of nitrogens with zero attached hydrogens (tertiary/aromatic N) is 2. The second-order valence-corrected chi connectivity index (χ2v) is 14.3. The first-order valence-electron chi connectivity index (χ1n) is 17.8. The molecule has 5 rings (SSSR count). The Balaban J connectivity index is 0.000000750. The Morgan fingerprint density at radius 1 is 0.333 bits per heavy atom. The minimum Gasteiger partial charge on any atom is -0.252 e. The van der Waals surface area contributed by atoms with Gasteiger partial charge in [0.1, 0.15) is 6.15 Å². The van der Waals surface area contributed by atoms with E-state index in [1.165, 1.54) is 29.4 Å². The molecular weight excluding hydrogens is 1020 g/mol. The lowest BCUT2D eigenvalue weighted by Gasteiger charge is -2.46. The minimum atomic E-state index is -6.13. The van der Waals surface area contributed by atoms with Crippen LogP contribution in [0.1, 0.15) is 44.5 Å². The Morgan fingerprint density at radius 3 is 0.681 bits per heavy atom. The van der Waals surface area contributed by atoms with Crippen molar-refractivity contribution >= 4 is 28.0 Å². The van der Waals surface area contributed by atoms with E-state index in [1.54, 1.807) is 0 Å². The van der Waals surface area contributed by atoms with Crippen LogP contribution in [-0.4, -0.2) is 11.1 Å². The van der Waals surface area contributed by atoms with E-state index in [-0.39, 0.29) is 0 Å². The summed E-state index contributed by atoms with van der Waals surface area (Å²) >= 11 is 0. The molecule has 0 bridgehead atoms. The van der Waals surface area contributed by atoms with E-state index in [1.807, 2.05) is 0 Å². The Bertz CT molecular complexity index is 2220. The summed E-state index contributed by atoms with van der Waals surface area (Å²) in [6.07, 6.45) is -51.5. The molecule has 4 aromatic carbocycles. The second kappa shape index (κ2) is 18.7. The summed E-state index contributed by atoms with van der Waals surface area (Å²) in [5.41, 5.74) is -30.2. The highest BCUT2D eigenvalue weighted by molar-refractivity contribution is 7.20. The Kier molecular flexibility index (Phi) is 15.0. The maximum absolute atomic E-state index is 14.2. The van der Waals surface area contributed by atoms with Crippen molar-refractivity contribution in [3.8, 4) is 0 Å². The number of alkyl halides is 24. The smallest absolute Gasteiger partial charge is 0.252 e. The van der Waals surface area contributed by atoms with E-state index in [4.69, 9.17) is 0 Å². The number of halogens is 27. The molecule has 0 unspecified atom stereocenters. The van der Waals surface area contributed by atoms with Crippen LogP contribution in [0, 0.1) is 0 Å². The fourth-order valence-electron chi connectivity index (χ4n) is 6.74. The zero-order valence-corrected chi connectivity index (χ0v) is 32.6. The summed E-state index contributed by atoms with van der Waals surface area (Å²) in [5.74, 6) is -1.42. The quantitative estimate of drug-likeness (QED) is 0.0941. The Morgan fingerprint density at radius 2 is 0.522 bits per heavy atom. The van der Waals surface area contributed by atoms with Crippen molar-refractivity contribution in [2.75, 3.05) is 0 Å². The number of allylic oxidation sites excluding steroid dienone is 1. The molecule has 1 aromatic heterocycles. The summed E-state index contributed by atoms with van der Waals surface area (Å²) in [7, 11) is 0. The van der Waals surface area contributed by atoms with Gasteiger partial charge in [0.25, 0.3) is 0 Å². The molecule has 5 aromatic rings. The molecule has 0 amide bonds. The van der Waals surface area contributed by atoms with Crippen molar-refractivity contribution < 1.29 is 123 Å². The van der Waals surface area contributed by atoms with Gasteiger partial charge in [-0.1, -0.05) is 48.5 Å². The average Bonchev–Trinajstić information content (AvgIpc) is 3.19. The topological polar surface area (TPSA) is 16.8 Å². The van der Waals surface area contributed by atoms with Gasteiger partial charge in [0, 0.05) is 0 Å². The van der Waals surface area contributed by atoms with E-state index in [2.05, 4.69) is 4.98 Å². The third-order valence-electron chi connectivity index (χ3n) is 9.65. The molecule has 2 nitrogen and oxygen atoms in total. The van der Waals surface area contributed by atoms with Gasteiger partial charge in [-0.15, -0.1) is 0 Å². The molecule has 0 radical (unpaired) electrons. The second-order valence-electron chi connectivity index (χ2n) is 14.3. The molecule has 30 heteroatoms. The zero-order chi connectivity index (χ0) is 52.9. The lowest BCUT2D eigenvalue weighted by atomic mass is 9.12. The monoisotopic (exact) mass is 1040 g/mol. The van der Waals surface area contributed by atoms with Gasteiger partial charge < -0.3 is 0 Å². The number of aromatic nitrogens is 2. The summed E-state index contributed by atoms with van der Waals surface area (Å²) < 4.78 is 378. The first-order chi connectivity index (χ1) is 31.0. The van der Waals surface area contributed by atoms with Crippen LogP contribution >= 0.6 is 0 Å². The van der Waals surface area contributed by atoms with Gasteiger partial charge in [0.2, 0.25) is 12.4 Å². The fraction of sp³-hybridized carbons (Fsp3) is 0.231. The summed E-state index contributed by atoms with van der Waals surface area (Å²) in [4.78, 5) is 3.65. The van der Waals surface area contributed by atoms with Crippen LogP contribution in [-0.2, 0) is 56.0 Å². The van der Waals surface area contributed by atoms with E-state index in [0.29, 0.717) is 0 Å². The molecular formula is C39H18BF27N2. The standard InChI is InChI=1S/C32H12BF24.C7H6F3N2/c34-25(35,36)13-1-14(26(37,38)39)6-21(5-13)33(22-7-15(27(40,41)42)2-16(8-22)28(43,44)45,23-9-17(29(46,47)48)3-18(10-23)30(49,50)51)24-11-19(31(52,53)54)4-20(12-24)32(55,56)57;8-6(7(9)10)5-12-3-1-11-2-4-12/h1-12H;1-4H,5H2/q-1;+1. The number of hydrogen-bond acceptors (Lipinski definition) is 1. The van der Waals surface area contributed by atoms with Gasteiger partial charge in [0.15, 0.2) is 12.4 Å². The van der Waals surface area contributed by atoms with Crippen LogP contribution < -0.4 is 26.4 Å². The Labute approximate surface area is 366 Å². The van der Waals surface area contributed by atoms with Crippen molar-refractivity contribution in [1.82, 2.24) is 4.98 Å². The SMILES string of the molecule is FC(F)(F)c1cc([B-](c2cc(C(F)(F)F)cc(C(F)(F)F)c2)(c2cc(C(F)(F)F)cc(C(F)(F)F)c2)c2cc(C(F)(F)F)cc(C(F)(F)F)c2)cc(C(F)(F)F)c1.FC(F)=C(F)C[n+]1ccncc1. The van der Waals surface area contributed by atoms with E-state index in [0.717, 1.165) is 0 Å². The van der Waals surface area contributed by atoms with Crippen LogP contribution in [0.2, 0.25) is 0 Å². The molecule has 1 heterocycles. The molecule has 0 aliphatic rings. The van der Waals surface area contributed by atoms with E-state index >= 15 is 0 Å². The van der Waals surface area contributed by atoms with Gasteiger partial charge in [0.05, 0.1) is 56.9 Å². The Hall–Kier alpha value is -6.13. The highest BCUT2D eigenvalue weighted by atomic mass is 19.4. The number of benzene rings is 4. The van der Waals surface area contributed by atoms with Gasteiger partial charge in [-0.2, -0.15) is 145 Å². The normalized spacial score (nSPS) is 13.5. The average molecular weight is 1040 g/mol. The molecule has 0 aliphatic heterocycles. The van der Waals surface area contributed by atoms with Crippen molar-refractivity contribution in [2.45, 2.75) is 56.0 Å². The maximum atomic E-state index is 14.2. The summed E-state index contributed by atoms with van der Waals surface area (Å²) in [5, 5.41) is 0. The fourth-order valence-corrected chi connectivity index (χ4v) is 6.74. The highest BCUT2D eigenvalue weighted by Gasteiger charge is 2.47. The maximum Gasteiger partial charge on any atom is 0.416 e. The van der Waals surface area contributed by atoms with Crippen molar-refractivity contribution in [2.24, 2.45) is 0 Å². The van der Waals surface area contributed by atoms with Gasteiger partial charge in [-0.25, -0.2) is 0 Å². The van der Waals surface area contributed by atoms with Gasteiger partial charge in [-0.3, -0.25) is 4.98 Å². The third-order valence-corrected chi connectivity index (χ3v) is 9.65. The van der Waals surface area contributed by atoms with Crippen LogP contribution in [0.25, 0.3) is 0 Å². The van der Waals surface area contributed by atoms with Gasteiger partial charge in [-0.05, 0) is 24.3 Å². The lowest BCUT2D eigenvalue weighted by Crippen LogP contribution is -2.75. The number of rotatable bonds is 6. The van der Waals surface area contributed by atoms with E-state index in [9.17, 15) is 119 Å². The van der Waals surface area contributed by atoms with Crippen molar-refractivity contribution in [3.63, 3.8) is 0 Å². The first kappa shape index (κ1) is 55.5. The molecule has 376 valence electrons. The summed E-state index contributed by atoms with van der Waals surface area (Å²) in [6.45, 7) is -0.454. The molecule has 0 spiro atoms. The van der Waals surface area contributed by atoms with Gasteiger partial charge >= 0.3 is 55.5 Å². The minimum absolute atomic E-state index is 0.454. The molecule has 0 fully saturated rings. The van der Waals surface area contributed by atoms with Crippen molar-refractivity contribution in [1.29, 1.82) is 0 Å². The van der Waals surface area contributed by atoms with Crippen LogP contribution in [0.4, 0.5) is 119 Å². The molecule has 0 atom stereocenters. The van der Waals surface area contributed by atoms with Crippen LogP contribution in [0.15, 0.2) is 109 Å². The first-order valence-corrected chi connectivity index (χ1v) is 17.8. The third kappa shape index (κ3) is 13.2. The van der Waals surface area contributed by atoms with E-state index < -0.39 is 213 Å². The molecule has 0 N–H and O–H groups in total. The molecule has 0 saturated heterocycles. The lowest BCUT2D eigenvalue weighted by molar-refractivity contribution is -0.691. The number of hydrogen-bond donors (Lipinski definition) is 0. The predicted octanol–water partition coefficient (Wildman–Crippen LogP) is 12.7. The predicted molar refractivity (Wildman–Crippen MR) is 185 cm³/mol. The van der Waals surface area contributed by atoms with Crippen LogP contribution in [0.3, 0.4) is 0 Å². The van der Waals surface area contributed by atoms with Crippen molar-refractivity contribution in [3.05, 3.63) is 154 Å². The molecule has 0 saturated carbocycles. The highest BCUT2D eigenvalue weighted by Crippen LogP contribution is 2.41. The molecule has 69 heavy (non-hydrogen) atoms.